The lowest BCUT2D eigenvalue weighted by molar-refractivity contribution is 0.122. The molecule has 5 rings (SSSR count). The highest BCUT2D eigenvalue weighted by atomic mass is 35.5. The number of morpholine rings is 1. The SMILES string of the molecule is Cc1nccc(-c2cc(Cl)cc(Nc3ccc(CN=Nc4ncc(F)c(N5CCOCC5)n4)nc3)c2)n1. The molecule has 1 fully saturated rings. The molecule has 1 aliphatic heterocycles. The third-order valence-electron chi connectivity index (χ3n) is 5.50. The Hall–Kier alpha value is -4.09. The van der Waals surface area contributed by atoms with E-state index in [0.29, 0.717) is 42.8 Å². The van der Waals surface area contributed by atoms with Gasteiger partial charge in [-0.2, -0.15) is 10.1 Å². The molecule has 0 radical (unpaired) electrons. The van der Waals surface area contributed by atoms with Crippen LogP contribution in [0, 0.1) is 12.7 Å². The highest BCUT2D eigenvalue weighted by Crippen LogP contribution is 2.28. The molecule has 0 saturated carbocycles. The van der Waals surface area contributed by atoms with Crippen molar-refractivity contribution in [3.63, 3.8) is 0 Å². The largest absolute Gasteiger partial charge is 0.378 e. The fourth-order valence-electron chi connectivity index (χ4n) is 3.75. The van der Waals surface area contributed by atoms with Crippen LogP contribution in [-0.4, -0.2) is 51.2 Å². The van der Waals surface area contributed by atoms with Crippen molar-refractivity contribution in [2.45, 2.75) is 13.5 Å². The van der Waals surface area contributed by atoms with Crippen molar-refractivity contribution in [2.24, 2.45) is 10.2 Å². The molecule has 0 unspecified atom stereocenters. The number of nitrogens with one attached hydrogen (secondary N) is 1. The number of hydrogen-bond donors (Lipinski definition) is 1. The Morgan fingerprint density at radius 2 is 1.89 bits per heavy atom. The lowest BCUT2D eigenvalue weighted by Gasteiger charge is -2.27. The Kier molecular flexibility index (Phi) is 7.52. The number of pyridine rings is 1. The Labute approximate surface area is 217 Å². The summed E-state index contributed by atoms with van der Waals surface area (Å²) in [5.41, 5.74) is 3.96. The van der Waals surface area contributed by atoms with Gasteiger partial charge in [-0.3, -0.25) is 4.98 Å². The first-order chi connectivity index (χ1) is 18.0. The van der Waals surface area contributed by atoms with Crippen LogP contribution in [0.25, 0.3) is 11.3 Å². The topological polar surface area (TPSA) is 114 Å². The quantitative estimate of drug-likeness (QED) is 0.327. The van der Waals surface area contributed by atoms with E-state index >= 15 is 0 Å². The van der Waals surface area contributed by atoms with Crippen molar-refractivity contribution in [1.82, 2.24) is 24.9 Å². The average molecular weight is 520 g/mol. The maximum Gasteiger partial charge on any atom is 0.270 e. The van der Waals surface area contributed by atoms with E-state index in [-0.39, 0.29) is 18.3 Å². The van der Waals surface area contributed by atoms with Crippen molar-refractivity contribution in [3.8, 4) is 11.3 Å². The van der Waals surface area contributed by atoms with Gasteiger partial charge in [-0.25, -0.2) is 19.3 Å². The third kappa shape index (κ3) is 6.38. The minimum absolute atomic E-state index is 0.0943. The van der Waals surface area contributed by atoms with Crippen molar-refractivity contribution in [1.29, 1.82) is 0 Å². The van der Waals surface area contributed by atoms with Gasteiger partial charge in [-0.05, 0) is 43.3 Å². The Morgan fingerprint density at radius 3 is 2.68 bits per heavy atom. The summed E-state index contributed by atoms with van der Waals surface area (Å²) in [6, 6.07) is 11.2. The molecule has 12 heteroatoms. The van der Waals surface area contributed by atoms with Gasteiger partial charge in [0.15, 0.2) is 11.6 Å². The zero-order valence-corrected chi connectivity index (χ0v) is 20.7. The molecular formula is C25H23ClFN9O. The fourth-order valence-corrected chi connectivity index (χ4v) is 3.99. The molecule has 1 N–H and O–H groups in total. The second-order valence-electron chi connectivity index (χ2n) is 8.22. The summed E-state index contributed by atoms with van der Waals surface area (Å²) in [4.78, 5) is 23.0. The minimum Gasteiger partial charge on any atom is -0.378 e. The highest BCUT2D eigenvalue weighted by Gasteiger charge is 2.17. The van der Waals surface area contributed by atoms with E-state index in [9.17, 15) is 4.39 Å². The van der Waals surface area contributed by atoms with Crippen LogP contribution >= 0.6 is 11.6 Å². The first kappa shape index (κ1) is 24.6. The molecule has 0 amide bonds. The molecule has 1 aromatic carbocycles. The van der Waals surface area contributed by atoms with Crippen LogP contribution < -0.4 is 10.2 Å². The minimum atomic E-state index is -0.496. The van der Waals surface area contributed by atoms with Gasteiger partial charge in [0.05, 0.1) is 42.7 Å². The van der Waals surface area contributed by atoms with Gasteiger partial charge in [-0.15, -0.1) is 5.11 Å². The first-order valence-corrected chi connectivity index (χ1v) is 12.0. The summed E-state index contributed by atoms with van der Waals surface area (Å²) in [5.74, 6) is 0.494. The average Bonchev–Trinajstić information content (AvgIpc) is 2.91. The summed E-state index contributed by atoms with van der Waals surface area (Å²) >= 11 is 6.34. The molecular weight excluding hydrogens is 497 g/mol. The van der Waals surface area contributed by atoms with Gasteiger partial charge in [-0.1, -0.05) is 11.6 Å². The smallest absolute Gasteiger partial charge is 0.270 e. The van der Waals surface area contributed by atoms with Crippen LogP contribution in [-0.2, 0) is 11.3 Å². The van der Waals surface area contributed by atoms with Crippen LogP contribution in [0.2, 0.25) is 5.02 Å². The number of nitrogens with zero attached hydrogens (tertiary/aromatic N) is 8. The monoisotopic (exact) mass is 519 g/mol. The summed E-state index contributed by atoms with van der Waals surface area (Å²) in [7, 11) is 0. The number of aromatic nitrogens is 5. The molecule has 3 aromatic heterocycles. The number of benzene rings is 1. The van der Waals surface area contributed by atoms with Crippen LogP contribution in [0.4, 0.5) is 27.5 Å². The van der Waals surface area contributed by atoms with E-state index in [2.05, 4.69) is 40.5 Å². The lowest BCUT2D eigenvalue weighted by Crippen LogP contribution is -2.37. The Balaban J connectivity index is 1.23. The van der Waals surface area contributed by atoms with Crippen molar-refractivity contribution < 1.29 is 9.13 Å². The number of hydrogen-bond acceptors (Lipinski definition) is 10. The van der Waals surface area contributed by atoms with E-state index in [1.807, 2.05) is 48.2 Å². The molecule has 0 atom stereocenters. The van der Waals surface area contributed by atoms with Gasteiger partial charge in [0.2, 0.25) is 0 Å². The van der Waals surface area contributed by atoms with Crippen molar-refractivity contribution in [3.05, 3.63) is 77.3 Å². The molecule has 0 aliphatic carbocycles. The number of halogens is 2. The van der Waals surface area contributed by atoms with E-state index in [0.717, 1.165) is 28.8 Å². The van der Waals surface area contributed by atoms with Crippen LogP contribution in [0.15, 0.2) is 65.2 Å². The Bertz CT molecular complexity index is 1410. The van der Waals surface area contributed by atoms with Crippen molar-refractivity contribution in [2.75, 3.05) is 36.5 Å². The number of ether oxygens (including phenoxy) is 1. The van der Waals surface area contributed by atoms with Gasteiger partial charge >= 0.3 is 0 Å². The number of rotatable bonds is 7. The summed E-state index contributed by atoms with van der Waals surface area (Å²) in [6.07, 6.45) is 4.53. The molecule has 188 valence electrons. The van der Waals surface area contributed by atoms with Gasteiger partial charge in [0.1, 0.15) is 12.4 Å². The Morgan fingerprint density at radius 1 is 1.03 bits per heavy atom. The predicted molar refractivity (Wildman–Crippen MR) is 138 cm³/mol. The van der Waals surface area contributed by atoms with E-state index in [4.69, 9.17) is 16.3 Å². The number of anilines is 3. The van der Waals surface area contributed by atoms with Crippen LogP contribution in [0.3, 0.4) is 0 Å². The predicted octanol–water partition coefficient (Wildman–Crippen LogP) is 5.29. The normalized spacial score (nSPS) is 13.8. The fraction of sp³-hybridized carbons (Fsp3) is 0.240. The second kappa shape index (κ2) is 11.3. The van der Waals surface area contributed by atoms with Crippen LogP contribution in [0.5, 0.6) is 0 Å². The molecule has 4 aromatic rings. The molecule has 10 nitrogen and oxygen atoms in total. The van der Waals surface area contributed by atoms with E-state index in [1.54, 1.807) is 12.4 Å². The van der Waals surface area contributed by atoms with Crippen molar-refractivity contribution >= 4 is 34.7 Å². The molecule has 1 aliphatic rings. The standard InChI is InChI=1S/C25H23ClFN9O/c1-16-28-5-4-23(32-16)17-10-18(26)12-21(11-17)33-20-3-2-19(29-13-20)14-31-35-25-30-15-22(27)24(34-25)36-6-8-37-9-7-36/h2-5,10-13,15,33H,6-9,14H2,1H3. The molecule has 1 saturated heterocycles. The second-order valence-corrected chi connectivity index (χ2v) is 8.66. The maximum absolute atomic E-state index is 14.2. The summed E-state index contributed by atoms with van der Waals surface area (Å²) in [5, 5.41) is 12.1. The number of aryl methyl sites for hydroxylation is 1. The zero-order chi connectivity index (χ0) is 25.6. The first-order valence-electron chi connectivity index (χ1n) is 11.6. The molecule has 37 heavy (non-hydrogen) atoms. The number of azo groups is 1. The zero-order valence-electron chi connectivity index (χ0n) is 20.0. The van der Waals surface area contributed by atoms with Gasteiger partial charge < -0.3 is 15.0 Å². The van der Waals surface area contributed by atoms with Gasteiger partial charge in [0.25, 0.3) is 5.95 Å². The molecule has 4 heterocycles. The van der Waals surface area contributed by atoms with Gasteiger partial charge in [0, 0.05) is 35.6 Å². The lowest BCUT2D eigenvalue weighted by atomic mass is 10.1. The third-order valence-corrected chi connectivity index (χ3v) is 5.72. The van der Waals surface area contributed by atoms with E-state index < -0.39 is 5.82 Å². The molecule has 0 bridgehead atoms. The van der Waals surface area contributed by atoms with Crippen LogP contribution in [0.1, 0.15) is 11.5 Å². The molecule has 0 spiro atoms. The van der Waals surface area contributed by atoms with E-state index in [1.165, 1.54) is 0 Å². The summed E-state index contributed by atoms with van der Waals surface area (Å²) < 4.78 is 19.5. The maximum atomic E-state index is 14.2. The summed E-state index contributed by atoms with van der Waals surface area (Å²) in [6.45, 7) is 4.24. The highest BCUT2D eigenvalue weighted by molar-refractivity contribution is 6.31.